The van der Waals surface area contributed by atoms with E-state index < -0.39 is 68.5 Å². The zero-order valence-electron chi connectivity index (χ0n) is 49.4. The molecule has 0 unspecified atom stereocenters. The molecule has 0 N–H and O–H groups in total. The van der Waals surface area contributed by atoms with Crippen LogP contribution in [0.4, 0.5) is 0 Å². The number of alkyl halides is 1. The molecule has 5 aromatic rings. The molecular formula is C56H85BrN2O12Si8. The maximum atomic E-state index is 15.2. The summed E-state index contributed by atoms with van der Waals surface area (Å²) in [5.41, 5.74) is 2.11. The third-order valence-electron chi connectivity index (χ3n) is 15.8. The van der Waals surface area contributed by atoms with Gasteiger partial charge in [-0.1, -0.05) is 98.0 Å². The molecule has 4 heterocycles. The third kappa shape index (κ3) is 13.3. The highest BCUT2D eigenvalue weighted by molar-refractivity contribution is 9.09. The van der Waals surface area contributed by atoms with Gasteiger partial charge in [0.2, 0.25) is 0 Å². The quantitative estimate of drug-likeness (QED) is 0.0182. The Balaban J connectivity index is 0.947. The highest BCUT2D eigenvalue weighted by atomic mass is 79.9. The largest absolute Gasteiger partial charge is 0.416 e. The number of hydrogen-bond acceptors (Lipinski definition) is 12. The first-order chi connectivity index (χ1) is 36.9. The number of fused-ring (bicyclic) bond motifs is 2. The Morgan fingerprint density at radius 2 is 0.671 bits per heavy atom. The number of halogens is 1. The van der Waals surface area contributed by atoms with Crippen molar-refractivity contribution in [1.29, 1.82) is 0 Å². The first-order valence-corrected chi connectivity index (χ1v) is 52.1. The van der Waals surface area contributed by atoms with Gasteiger partial charge in [-0.15, -0.1) is 0 Å². The van der Waals surface area contributed by atoms with Crippen LogP contribution < -0.4 is 0 Å². The molecule has 79 heavy (non-hydrogen) atoms. The third-order valence-corrected chi connectivity index (χ3v) is 49.4. The maximum Gasteiger partial charge on any atom is 0.317 e. The highest BCUT2D eigenvalue weighted by Gasteiger charge is 2.54. The summed E-state index contributed by atoms with van der Waals surface area (Å²) in [5, 5.41) is 7.50. The monoisotopic (exact) mass is 1280 g/mol. The van der Waals surface area contributed by atoms with Crippen molar-refractivity contribution in [2.24, 2.45) is 0 Å². The second kappa shape index (κ2) is 22.9. The molecule has 4 aliphatic rings. The van der Waals surface area contributed by atoms with E-state index in [1.165, 1.54) is 4.90 Å². The summed E-state index contributed by atoms with van der Waals surface area (Å²) < 4.78 is 54.0. The van der Waals surface area contributed by atoms with Crippen LogP contribution in [0.25, 0.3) is 43.1 Å². The Kier molecular flexibility index (Phi) is 17.7. The van der Waals surface area contributed by atoms with Gasteiger partial charge in [-0.05, 0) is 186 Å². The van der Waals surface area contributed by atoms with Gasteiger partial charge in [-0.2, -0.15) is 0 Å². The molecule has 0 radical (unpaired) electrons. The summed E-state index contributed by atoms with van der Waals surface area (Å²) in [6.07, 6.45) is 11.5. The van der Waals surface area contributed by atoms with Gasteiger partial charge >= 0.3 is 68.5 Å². The zero-order chi connectivity index (χ0) is 57.3. The van der Waals surface area contributed by atoms with Crippen LogP contribution >= 0.6 is 15.9 Å². The molecule has 5 aromatic carbocycles. The lowest BCUT2D eigenvalue weighted by Gasteiger charge is -2.47. The molecule has 0 bridgehead atoms. The fourth-order valence-electron chi connectivity index (χ4n) is 14.0. The number of nitrogens with zero attached hydrogens (tertiary/aromatic N) is 2. The molecule has 14 nitrogen and oxygen atoms in total. The number of imide groups is 2. The molecule has 430 valence electrons. The summed E-state index contributed by atoms with van der Waals surface area (Å²) in [4.78, 5) is 61.5. The molecule has 9 rings (SSSR count). The van der Waals surface area contributed by atoms with Crippen molar-refractivity contribution in [2.75, 3.05) is 11.9 Å². The zero-order valence-corrected chi connectivity index (χ0v) is 59.0. The minimum Gasteiger partial charge on any atom is -0.416 e. The average Bonchev–Trinajstić information content (AvgIpc) is 3.49. The first-order valence-electron chi connectivity index (χ1n) is 29.0. The summed E-state index contributed by atoms with van der Waals surface area (Å²) in [7, 11) is -20.0. The van der Waals surface area contributed by atoms with E-state index in [9.17, 15) is 9.59 Å². The number of rotatable bonds is 20. The Labute approximate surface area is 485 Å². The van der Waals surface area contributed by atoms with E-state index in [4.69, 9.17) is 32.9 Å². The fourth-order valence-corrected chi connectivity index (χ4v) is 57.7. The summed E-state index contributed by atoms with van der Waals surface area (Å²) in [6.45, 7) is 29.9. The van der Waals surface area contributed by atoms with Gasteiger partial charge in [0.25, 0.3) is 23.6 Å². The summed E-state index contributed by atoms with van der Waals surface area (Å²) >= 11 is 3.49. The van der Waals surface area contributed by atoms with Gasteiger partial charge in [0, 0.05) is 50.9 Å². The Morgan fingerprint density at radius 1 is 0.367 bits per heavy atom. The van der Waals surface area contributed by atoms with Gasteiger partial charge in [0.05, 0.1) is 0 Å². The molecular weight excluding hydrogens is 1200 g/mol. The Hall–Kier alpha value is -2.42. The minimum absolute atomic E-state index is 0.256. The fraction of sp³-hybridized carbons (Fsp3) is 0.571. The SMILES string of the molecule is C[Si]1(C)O[Si](C)(C)O[Si](C)(CCCCCCC(CCCCCC[Si]2(C)O[Si](C)(C)O[Si](C)(C)O[Si](C)(C)O2)N2C(=O)c3ccc4c5ccc6c7c(ccc(c8ccc(c3c48)C2=O)c75)C(=O)N(CCCCCBr)C6=O)O[Si](C)(C)O1. The van der Waals surface area contributed by atoms with Crippen molar-refractivity contribution in [1.82, 2.24) is 9.80 Å². The number of amides is 4. The van der Waals surface area contributed by atoms with Crippen LogP contribution in [0, 0.1) is 0 Å². The second-order valence-corrected chi connectivity index (χ2v) is 55.3. The van der Waals surface area contributed by atoms with Crippen LogP contribution in [-0.4, -0.2) is 120 Å². The number of hydrogen-bond donors (Lipinski definition) is 0. The molecule has 2 fully saturated rings. The molecule has 0 saturated carbocycles. The van der Waals surface area contributed by atoms with Crippen LogP contribution in [0.15, 0.2) is 48.5 Å². The standard InChI is InChI=1S/C56H85BrN2O12Si8/c1-72(2)64-74(5,6)68-78(13,69-75(7,8)65-72)38-24-17-15-20-26-40(27-21-16-18-25-39-79(14)70-76(9,10)66-73(3,4)67-77(11,12)71-79)59-55(62)47-34-30-43-41-28-32-45-51-46(54(61)58(53(45)60)37-23-19-22-36-57)33-29-42(49(41)51)44-31-35-48(56(59)63)52(47)50(43)44/h28-35,40H,15-27,36-39H2,1-14H3. The predicted octanol–water partition coefficient (Wildman–Crippen LogP) is 15.3. The average molecular weight is 1280 g/mol. The van der Waals surface area contributed by atoms with Crippen molar-refractivity contribution in [2.45, 2.75) is 193 Å². The lowest BCUT2D eigenvalue weighted by molar-refractivity contribution is 0.0514. The minimum atomic E-state index is -2.62. The van der Waals surface area contributed by atoms with E-state index >= 15 is 9.59 Å². The molecule has 0 spiro atoms. The van der Waals surface area contributed by atoms with Crippen molar-refractivity contribution < 1.29 is 52.1 Å². The number of carbonyl (C=O) groups excluding carboxylic acids is 4. The van der Waals surface area contributed by atoms with Crippen molar-refractivity contribution in [3.8, 4) is 0 Å². The Bertz CT molecular complexity index is 2940. The molecule has 0 aromatic heterocycles. The number of carbonyl (C=O) groups is 4. The van der Waals surface area contributed by atoms with E-state index in [0.29, 0.717) is 52.4 Å². The van der Waals surface area contributed by atoms with Gasteiger partial charge < -0.3 is 32.9 Å². The predicted molar refractivity (Wildman–Crippen MR) is 338 cm³/mol. The number of unbranched alkanes of at least 4 members (excludes halogenated alkanes) is 8. The topological polar surface area (TPSA) is 149 Å². The van der Waals surface area contributed by atoms with Crippen LogP contribution in [-0.2, 0) is 32.9 Å². The lowest BCUT2D eigenvalue weighted by Crippen LogP contribution is -2.65. The van der Waals surface area contributed by atoms with Gasteiger partial charge in [-0.25, -0.2) is 0 Å². The molecule has 0 atom stereocenters. The van der Waals surface area contributed by atoms with Gasteiger partial charge in [0.1, 0.15) is 0 Å². The first kappa shape index (κ1) is 61.1. The Morgan fingerprint density at radius 3 is 1.01 bits per heavy atom. The van der Waals surface area contributed by atoms with Crippen molar-refractivity contribution in [3.63, 3.8) is 0 Å². The van der Waals surface area contributed by atoms with Crippen LogP contribution in [0.5, 0.6) is 0 Å². The summed E-state index contributed by atoms with van der Waals surface area (Å²) in [6, 6.07) is 16.9. The molecule has 23 heteroatoms. The smallest absolute Gasteiger partial charge is 0.317 e. The summed E-state index contributed by atoms with van der Waals surface area (Å²) in [5.74, 6) is -1.05. The van der Waals surface area contributed by atoms with Crippen LogP contribution in [0.2, 0.25) is 104 Å². The molecule has 2 saturated heterocycles. The van der Waals surface area contributed by atoms with E-state index in [2.05, 4.69) is 108 Å². The van der Waals surface area contributed by atoms with Gasteiger partial charge in [0.15, 0.2) is 0 Å². The van der Waals surface area contributed by atoms with E-state index in [0.717, 1.165) is 120 Å². The van der Waals surface area contributed by atoms with Crippen molar-refractivity contribution in [3.05, 3.63) is 70.8 Å². The van der Waals surface area contributed by atoms with E-state index in [1.54, 1.807) is 4.90 Å². The highest BCUT2D eigenvalue weighted by Crippen LogP contribution is 2.47. The van der Waals surface area contributed by atoms with Gasteiger partial charge in [-0.3, -0.25) is 29.0 Å². The van der Waals surface area contributed by atoms with E-state index in [1.807, 2.05) is 48.5 Å². The van der Waals surface area contributed by atoms with Crippen molar-refractivity contribution >= 4 is 151 Å². The normalized spacial score (nSPS) is 22.0. The lowest BCUT2D eigenvalue weighted by atomic mass is 9.82. The van der Waals surface area contributed by atoms with Crippen LogP contribution in [0.3, 0.4) is 0 Å². The maximum absolute atomic E-state index is 15.2. The second-order valence-electron chi connectivity index (χ2n) is 25.7. The van der Waals surface area contributed by atoms with Crippen LogP contribution in [0.1, 0.15) is 125 Å². The molecule has 4 aliphatic heterocycles. The molecule has 4 amide bonds. The molecule has 0 aliphatic carbocycles. The number of benzene rings is 5. The van der Waals surface area contributed by atoms with E-state index in [-0.39, 0.29) is 29.7 Å².